The average Bonchev–Trinajstić information content (AvgIpc) is 3.62. The van der Waals surface area contributed by atoms with Gasteiger partial charge in [-0.15, -0.1) is 0 Å². The van der Waals surface area contributed by atoms with Crippen molar-refractivity contribution in [3.8, 4) is 11.1 Å². The second-order valence-electron chi connectivity index (χ2n) is 13.3. The molecule has 0 spiro atoms. The summed E-state index contributed by atoms with van der Waals surface area (Å²) >= 11 is 0. The second kappa shape index (κ2) is 13.0. The van der Waals surface area contributed by atoms with Crippen molar-refractivity contribution < 1.29 is 14.4 Å². The summed E-state index contributed by atoms with van der Waals surface area (Å²) in [5.41, 5.74) is 14.5. The van der Waals surface area contributed by atoms with Crippen LogP contribution in [0.25, 0.3) is 22.2 Å². The number of fused-ring (bicyclic) bond motifs is 2. The highest BCUT2D eigenvalue weighted by atomic mass is 16.2. The van der Waals surface area contributed by atoms with E-state index in [-0.39, 0.29) is 29.9 Å². The minimum Gasteiger partial charge on any atom is -0.342 e. The zero-order valence-electron chi connectivity index (χ0n) is 26.4. The molecule has 0 unspecified atom stereocenters. The lowest BCUT2D eigenvalue weighted by Gasteiger charge is -2.27. The number of carbonyl (C=O) groups is 3. The van der Waals surface area contributed by atoms with Gasteiger partial charge in [-0.2, -0.15) is 0 Å². The number of hydrogen-bond donors (Lipinski definition) is 4. The van der Waals surface area contributed by atoms with Gasteiger partial charge in [-0.05, 0) is 104 Å². The number of aromatic amines is 1. The molecule has 1 saturated carbocycles. The summed E-state index contributed by atoms with van der Waals surface area (Å²) < 4.78 is 0. The number of nitrogens with zero attached hydrogens (tertiary/aromatic N) is 1. The molecule has 1 aromatic heterocycles. The van der Waals surface area contributed by atoms with Crippen molar-refractivity contribution in [2.45, 2.75) is 71.6 Å². The molecule has 1 aliphatic heterocycles. The first-order valence-electron chi connectivity index (χ1n) is 16.2. The molecular formula is C37H43N5O3. The molecule has 4 aromatic rings. The highest BCUT2D eigenvalue weighted by Gasteiger charge is 2.30. The lowest BCUT2D eigenvalue weighted by atomic mass is 9.77. The number of Topliss-reactive ketones (excluding diaryl/α,β-unsaturated/α-hetero) is 1. The summed E-state index contributed by atoms with van der Waals surface area (Å²) in [6, 6.07) is 18.1. The first kappa shape index (κ1) is 30.7. The Morgan fingerprint density at radius 2 is 1.78 bits per heavy atom. The Kier molecular flexibility index (Phi) is 8.85. The van der Waals surface area contributed by atoms with E-state index in [4.69, 9.17) is 10.7 Å². The molecule has 3 aromatic carbocycles. The van der Waals surface area contributed by atoms with Crippen LogP contribution in [0.1, 0.15) is 74.4 Å². The van der Waals surface area contributed by atoms with Crippen molar-refractivity contribution in [1.82, 2.24) is 9.97 Å². The number of carbonyl (C=O) groups excluding carboxylic acids is 3. The van der Waals surface area contributed by atoms with Gasteiger partial charge in [0.15, 0.2) is 0 Å². The van der Waals surface area contributed by atoms with E-state index in [1.807, 2.05) is 12.1 Å². The maximum Gasteiger partial charge on any atom is 0.228 e. The van der Waals surface area contributed by atoms with Crippen molar-refractivity contribution in [1.29, 1.82) is 0 Å². The zero-order chi connectivity index (χ0) is 31.7. The number of amides is 2. The molecule has 0 radical (unpaired) electrons. The predicted octanol–water partition coefficient (Wildman–Crippen LogP) is 6.68. The van der Waals surface area contributed by atoms with Crippen LogP contribution in [0, 0.1) is 24.7 Å². The van der Waals surface area contributed by atoms with Crippen molar-refractivity contribution in [3.05, 3.63) is 77.1 Å². The number of benzene rings is 3. The van der Waals surface area contributed by atoms with Crippen LogP contribution in [0.2, 0.25) is 0 Å². The van der Waals surface area contributed by atoms with Crippen molar-refractivity contribution in [2.24, 2.45) is 23.5 Å². The Morgan fingerprint density at radius 3 is 2.49 bits per heavy atom. The summed E-state index contributed by atoms with van der Waals surface area (Å²) in [6.07, 6.45) is 4.60. The molecule has 2 heterocycles. The maximum atomic E-state index is 13.7. The maximum absolute atomic E-state index is 13.7. The molecule has 2 amide bonds. The molecule has 0 saturated heterocycles. The number of aryl methyl sites for hydroxylation is 1. The molecule has 8 nitrogen and oxygen atoms in total. The Balaban J connectivity index is 1.20. The number of H-pyrrole nitrogens is 1. The molecule has 1 fully saturated rings. The molecule has 1 aliphatic carbocycles. The fraction of sp³-hybridized carbons (Fsp3) is 0.405. The van der Waals surface area contributed by atoms with Gasteiger partial charge in [0.2, 0.25) is 11.8 Å². The van der Waals surface area contributed by atoms with E-state index in [2.05, 4.69) is 72.8 Å². The number of rotatable bonds is 10. The van der Waals surface area contributed by atoms with E-state index in [0.717, 1.165) is 76.0 Å². The van der Waals surface area contributed by atoms with E-state index in [1.54, 1.807) is 6.07 Å². The second-order valence-corrected chi connectivity index (χ2v) is 13.3. The minimum atomic E-state index is -0.518. The van der Waals surface area contributed by atoms with Crippen molar-refractivity contribution >= 4 is 40.0 Å². The largest absolute Gasteiger partial charge is 0.342 e. The van der Waals surface area contributed by atoms with Gasteiger partial charge in [0.05, 0.1) is 17.5 Å². The lowest BCUT2D eigenvalue weighted by molar-refractivity contribution is -0.129. The van der Waals surface area contributed by atoms with E-state index < -0.39 is 5.92 Å². The third kappa shape index (κ3) is 6.86. The van der Waals surface area contributed by atoms with E-state index in [1.165, 1.54) is 0 Å². The SMILES string of the molecule is Cc1cc2[nH]c(C(C)C)nc2cc1-c1ccc(C[C@H](CC(=O)C2CCC(CN)CC2)C(=O)Nc2ccc3c(c2)NC(=O)C3)cc1. The number of imidazole rings is 1. The molecule has 0 bridgehead atoms. The van der Waals surface area contributed by atoms with Gasteiger partial charge >= 0.3 is 0 Å². The highest BCUT2D eigenvalue weighted by molar-refractivity contribution is 6.01. The first-order valence-corrected chi connectivity index (χ1v) is 16.2. The topological polar surface area (TPSA) is 130 Å². The monoisotopic (exact) mass is 605 g/mol. The van der Waals surface area contributed by atoms with Gasteiger partial charge in [0, 0.05) is 35.5 Å². The highest BCUT2D eigenvalue weighted by Crippen LogP contribution is 2.33. The van der Waals surface area contributed by atoms with Crippen LogP contribution >= 0.6 is 0 Å². The van der Waals surface area contributed by atoms with Gasteiger partial charge in [0.1, 0.15) is 11.6 Å². The van der Waals surface area contributed by atoms with Gasteiger partial charge in [-0.3, -0.25) is 14.4 Å². The Morgan fingerprint density at radius 1 is 1.02 bits per heavy atom. The number of nitrogens with two attached hydrogens (primary N) is 1. The number of hydrogen-bond acceptors (Lipinski definition) is 5. The lowest BCUT2D eigenvalue weighted by Crippen LogP contribution is -2.31. The van der Waals surface area contributed by atoms with E-state index >= 15 is 0 Å². The van der Waals surface area contributed by atoms with Gasteiger partial charge in [-0.25, -0.2) is 4.98 Å². The Bertz CT molecular complexity index is 1730. The molecular weight excluding hydrogens is 562 g/mol. The van der Waals surface area contributed by atoms with Crippen LogP contribution in [0.15, 0.2) is 54.6 Å². The van der Waals surface area contributed by atoms with Gasteiger partial charge < -0.3 is 21.4 Å². The molecule has 5 N–H and O–H groups in total. The first-order chi connectivity index (χ1) is 21.7. The summed E-state index contributed by atoms with van der Waals surface area (Å²) in [6.45, 7) is 7.03. The number of ketones is 1. The normalized spacial score (nSPS) is 18.6. The van der Waals surface area contributed by atoms with Crippen LogP contribution in [0.3, 0.4) is 0 Å². The minimum absolute atomic E-state index is 0.0168. The van der Waals surface area contributed by atoms with Crippen LogP contribution in [0.5, 0.6) is 0 Å². The van der Waals surface area contributed by atoms with Gasteiger partial charge in [-0.1, -0.05) is 44.2 Å². The summed E-state index contributed by atoms with van der Waals surface area (Å²) in [7, 11) is 0. The smallest absolute Gasteiger partial charge is 0.228 e. The standard InChI is InChI=1S/C37H43N5O3/c1-21(2)36-41-32-14-22(3)30(19-33(32)42-36)25-8-4-23(5-9-25)15-28(16-34(43)26-10-6-24(20-38)7-11-26)37(45)39-29-13-12-27-17-35(44)40-31(27)18-29/h4-5,8-9,12-14,18-19,21,24,26,28H,6-7,10-11,15-17,20,38H2,1-3H3,(H,39,45)(H,40,44)(H,41,42)/t24?,26?,28-/m1/s1. The van der Waals surface area contributed by atoms with Crippen LogP contribution in [-0.2, 0) is 27.2 Å². The molecule has 2 aliphatic rings. The van der Waals surface area contributed by atoms with Crippen molar-refractivity contribution in [3.63, 3.8) is 0 Å². The molecule has 8 heteroatoms. The molecule has 6 rings (SSSR count). The third-order valence-electron chi connectivity index (χ3n) is 9.60. The fourth-order valence-corrected chi connectivity index (χ4v) is 6.80. The van der Waals surface area contributed by atoms with Crippen LogP contribution < -0.4 is 16.4 Å². The summed E-state index contributed by atoms with van der Waals surface area (Å²) in [5, 5.41) is 5.88. The van der Waals surface area contributed by atoms with Crippen LogP contribution in [-0.4, -0.2) is 34.1 Å². The molecule has 45 heavy (non-hydrogen) atoms. The Hall–Kier alpha value is -4.30. The third-order valence-corrected chi connectivity index (χ3v) is 9.60. The van der Waals surface area contributed by atoms with Crippen LogP contribution in [0.4, 0.5) is 11.4 Å². The van der Waals surface area contributed by atoms with Gasteiger partial charge in [0.25, 0.3) is 0 Å². The number of aromatic nitrogens is 2. The zero-order valence-corrected chi connectivity index (χ0v) is 26.4. The molecule has 234 valence electrons. The number of anilines is 2. The van der Waals surface area contributed by atoms with E-state index in [0.29, 0.717) is 36.9 Å². The van der Waals surface area contributed by atoms with Crippen molar-refractivity contribution in [2.75, 3.05) is 17.2 Å². The Labute approximate surface area is 264 Å². The molecule has 1 atom stereocenters. The average molecular weight is 606 g/mol. The number of nitrogens with one attached hydrogen (secondary N) is 3. The quantitative estimate of drug-likeness (QED) is 0.160. The van der Waals surface area contributed by atoms with E-state index in [9.17, 15) is 14.4 Å². The fourth-order valence-electron chi connectivity index (χ4n) is 6.80. The summed E-state index contributed by atoms with van der Waals surface area (Å²) in [5.74, 6) is 1.17. The summed E-state index contributed by atoms with van der Waals surface area (Å²) in [4.78, 5) is 47.3. The predicted molar refractivity (Wildman–Crippen MR) is 179 cm³/mol.